The van der Waals surface area contributed by atoms with Crippen molar-refractivity contribution in [3.8, 4) is 0 Å². The third-order valence-electron chi connectivity index (χ3n) is 6.90. The van der Waals surface area contributed by atoms with Gasteiger partial charge in [-0.05, 0) is 57.4 Å². The number of aromatic nitrogens is 3. The third kappa shape index (κ3) is 5.52. The zero-order valence-electron chi connectivity index (χ0n) is 22.7. The van der Waals surface area contributed by atoms with E-state index in [1.165, 1.54) is 11.8 Å². The van der Waals surface area contributed by atoms with Gasteiger partial charge < -0.3 is 10.6 Å². The summed E-state index contributed by atoms with van der Waals surface area (Å²) in [5.74, 6) is 0.562. The van der Waals surface area contributed by atoms with Crippen molar-refractivity contribution in [2.45, 2.75) is 45.8 Å². The Labute approximate surface area is 232 Å². The van der Waals surface area contributed by atoms with E-state index in [9.17, 15) is 9.59 Å². The number of carbonyl (C=O) groups excluding carboxylic acids is 2. The largest absolute Gasteiger partial charge is 0.328 e. The molecule has 0 radical (unpaired) electrons. The van der Waals surface area contributed by atoms with Gasteiger partial charge in [-0.1, -0.05) is 83.6 Å². The van der Waals surface area contributed by atoms with Crippen LogP contribution in [-0.2, 0) is 4.79 Å². The Bertz CT molecular complexity index is 1600. The number of carbonyl (C=O) groups is 2. The highest BCUT2D eigenvalue weighted by Crippen LogP contribution is 2.38. The van der Waals surface area contributed by atoms with Gasteiger partial charge in [0.05, 0.1) is 11.3 Å². The number of hydrogen-bond acceptors (Lipinski definition) is 6. The number of hydrogen-bond donors (Lipinski definition) is 2. The maximum atomic E-state index is 13.8. The Hall–Kier alpha value is -4.17. The summed E-state index contributed by atoms with van der Waals surface area (Å²) in [5.41, 5.74) is 7.94. The predicted octanol–water partition coefficient (Wildman–Crippen LogP) is 6.41. The zero-order chi connectivity index (χ0) is 27.7. The smallest absolute Gasteiger partial charge is 0.255 e. The fourth-order valence-corrected chi connectivity index (χ4v) is 5.49. The Morgan fingerprint density at radius 1 is 0.923 bits per heavy atom. The first kappa shape index (κ1) is 26.4. The standard InChI is InChI=1S/C31H31N5O2S/c1-18-10-13-23(14-11-18)26(37)17-39-31-34-30-32-22(5)27(29(38)33-25-15-12-19(2)16-21(25)4)28(36(30)35-31)24-9-7-6-8-20(24)3/h6-16,28H,17H2,1-5H3,(H,33,38)(H,32,34,35)/t28-/m0/s1. The Morgan fingerprint density at radius 3 is 2.36 bits per heavy atom. The summed E-state index contributed by atoms with van der Waals surface area (Å²) in [7, 11) is 0. The number of aryl methyl sites for hydroxylation is 4. The maximum Gasteiger partial charge on any atom is 0.255 e. The van der Waals surface area contributed by atoms with Crippen molar-refractivity contribution < 1.29 is 9.59 Å². The molecule has 1 amide bonds. The summed E-state index contributed by atoms with van der Waals surface area (Å²) in [5, 5.41) is 11.6. The van der Waals surface area contributed by atoms with E-state index in [1.807, 2.05) is 101 Å². The lowest BCUT2D eigenvalue weighted by Gasteiger charge is -2.29. The molecule has 2 N–H and O–H groups in total. The molecule has 0 bridgehead atoms. The van der Waals surface area contributed by atoms with Gasteiger partial charge in [-0.25, -0.2) is 4.68 Å². The van der Waals surface area contributed by atoms with Gasteiger partial charge in [0.1, 0.15) is 6.04 Å². The lowest BCUT2D eigenvalue weighted by atomic mass is 9.92. The van der Waals surface area contributed by atoms with Crippen LogP contribution in [0.25, 0.3) is 0 Å². The summed E-state index contributed by atoms with van der Waals surface area (Å²) < 4.78 is 1.75. The summed E-state index contributed by atoms with van der Waals surface area (Å²) in [6.45, 7) is 9.92. The van der Waals surface area contributed by atoms with Crippen molar-refractivity contribution in [3.05, 3.63) is 111 Å². The van der Waals surface area contributed by atoms with Crippen LogP contribution in [0, 0.1) is 27.7 Å². The van der Waals surface area contributed by atoms with Crippen LogP contribution in [0.1, 0.15) is 51.1 Å². The fourth-order valence-electron chi connectivity index (χ4n) is 4.76. The third-order valence-corrected chi connectivity index (χ3v) is 7.73. The van der Waals surface area contributed by atoms with Crippen molar-refractivity contribution in [2.75, 3.05) is 16.4 Å². The monoisotopic (exact) mass is 537 g/mol. The van der Waals surface area contributed by atoms with Crippen molar-refractivity contribution in [2.24, 2.45) is 0 Å². The second-order valence-electron chi connectivity index (χ2n) is 9.94. The number of fused-ring (bicyclic) bond motifs is 1. The van der Waals surface area contributed by atoms with E-state index < -0.39 is 6.04 Å². The molecule has 0 fully saturated rings. The zero-order valence-corrected chi connectivity index (χ0v) is 23.5. The minimum Gasteiger partial charge on any atom is -0.328 e. The SMILES string of the molecule is CC1=C(C(=O)Nc2ccc(C)cc2C)[C@H](c2ccccc2C)n2nc(SCC(=O)c3ccc(C)cc3)nc2N1. The van der Waals surface area contributed by atoms with Crippen LogP contribution in [0.5, 0.6) is 0 Å². The van der Waals surface area contributed by atoms with Gasteiger partial charge in [0.2, 0.25) is 11.1 Å². The van der Waals surface area contributed by atoms with Gasteiger partial charge in [-0.15, -0.1) is 5.10 Å². The first-order valence-corrected chi connectivity index (χ1v) is 13.8. The summed E-state index contributed by atoms with van der Waals surface area (Å²) in [6, 6.07) is 21.0. The number of allylic oxidation sites excluding steroid dienone is 1. The number of rotatable bonds is 7. The highest BCUT2D eigenvalue weighted by atomic mass is 32.2. The number of benzene rings is 3. The molecule has 1 aromatic heterocycles. The van der Waals surface area contributed by atoms with E-state index in [1.54, 1.807) is 4.68 Å². The van der Waals surface area contributed by atoms with Crippen LogP contribution in [0.3, 0.4) is 0 Å². The van der Waals surface area contributed by atoms with E-state index in [4.69, 9.17) is 5.10 Å². The highest BCUT2D eigenvalue weighted by molar-refractivity contribution is 7.99. The average molecular weight is 538 g/mol. The molecule has 0 aliphatic carbocycles. The van der Waals surface area contributed by atoms with Gasteiger partial charge in [0.25, 0.3) is 5.91 Å². The van der Waals surface area contributed by atoms with Crippen LogP contribution in [0.2, 0.25) is 0 Å². The number of Topliss-reactive ketones (excluding diaryl/α,β-unsaturated/α-hetero) is 1. The van der Waals surface area contributed by atoms with Crippen LogP contribution >= 0.6 is 11.8 Å². The van der Waals surface area contributed by atoms with E-state index >= 15 is 0 Å². The molecule has 1 atom stereocenters. The summed E-state index contributed by atoms with van der Waals surface area (Å²) >= 11 is 1.29. The van der Waals surface area contributed by atoms with E-state index in [2.05, 4.69) is 15.6 Å². The van der Waals surface area contributed by atoms with Crippen molar-refractivity contribution in [1.82, 2.24) is 14.8 Å². The molecule has 0 unspecified atom stereocenters. The second kappa shape index (κ2) is 10.9. The topological polar surface area (TPSA) is 88.9 Å². The van der Waals surface area contributed by atoms with E-state index in [-0.39, 0.29) is 17.4 Å². The molecule has 3 aromatic carbocycles. The van der Waals surface area contributed by atoms with Crippen molar-refractivity contribution in [3.63, 3.8) is 0 Å². The van der Waals surface area contributed by atoms with Crippen molar-refractivity contribution >= 4 is 35.1 Å². The minimum atomic E-state index is -0.483. The molecule has 0 saturated carbocycles. The quantitative estimate of drug-likeness (QED) is 0.209. The molecule has 5 rings (SSSR count). The Morgan fingerprint density at radius 2 is 1.64 bits per heavy atom. The Balaban J connectivity index is 1.46. The average Bonchev–Trinajstić information content (AvgIpc) is 3.31. The molecule has 8 heteroatoms. The molecular formula is C31H31N5O2S. The van der Waals surface area contributed by atoms with Crippen LogP contribution in [0.15, 0.2) is 83.2 Å². The number of ketones is 1. The molecule has 7 nitrogen and oxygen atoms in total. The molecule has 198 valence electrons. The first-order valence-electron chi connectivity index (χ1n) is 12.8. The lowest BCUT2D eigenvalue weighted by molar-refractivity contribution is -0.113. The maximum absolute atomic E-state index is 13.8. The number of nitrogens with zero attached hydrogens (tertiary/aromatic N) is 3. The molecule has 0 spiro atoms. The van der Waals surface area contributed by atoms with Gasteiger partial charge in [-0.2, -0.15) is 4.98 Å². The van der Waals surface area contributed by atoms with E-state index in [0.717, 1.165) is 33.5 Å². The van der Waals surface area contributed by atoms with Gasteiger partial charge in [0.15, 0.2) is 5.78 Å². The summed E-state index contributed by atoms with van der Waals surface area (Å²) in [6.07, 6.45) is 0. The lowest BCUT2D eigenvalue weighted by Crippen LogP contribution is -2.32. The summed E-state index contributed by atoms with van der Waals surface area (Å²) in [4.78, 5) is 31.2. The fraction of sp³-hybridized carbons (Fsp3) is 0.226. The van der Waals surface area contributed by atoms with Gasteiger partial charge >= 0.3 is 0 Å². The molecule has 4 aromatic rings. The van der Waals surface area contributed by atoms with E-state index in [0.29, 0.717) is 27.9 Å². The molecule has 2 heterocycles. The normalized spacial score (nSPS) is 14.5. The minimum absolute atomic E-state index is 0.0130. The van der Waals surface area contributed by atoms with Crippen LogP contribution < -0.4 is 10.6 Å². The number of nitrogens with one attached hydrogen (secondary N) is 2. The highest BCUT2D eigenvalue weighted by Gasteiger charge is 2.35. The molecule has 0 saturated heterocycles. The van der Waals surface area contributed by atoms with Crippen molar-refractivity contribution in [1.29, 1.82) is 0 Å². The van der Waals surface area contributed by atoms with Gasteiger partial charge in [0, 0.05) is 16.9 Å². The second-order valence-corrected chi connectivity index (χ2v) is 10.9. The molecular weight excluding hydrogens is 506 g/mol. The van der Waals surface area contributed by atoms with Crippen LogP contribution in [-0.4, -0.2) is 32.2 Å². The Kier molecular flexibility index (Phi) is 7.39. The molecule has 1 aliphatic heterocycles. The predicted molar refractivity (Wildman–Crippen MR) is 156 cm³/mol. The molecule has 1 aliphatic rings. The van der Waals surface area contributed by atoms with Crippen LogP contribution in [0.4, 0.5) is 11.6 Å². The first-order chi connectivity index (χ1) is 18.7. The number of thioether (sulfide) groups is 1. The number of anilines is 2. The molecule has 39 heavy (non-hydrogen) atoms. The number of amides is 1. The van der Waals surface area contributed by atoms with Gasteiger partial charge in [-0.3, -0.25) is 9.59 Å².